The Labute approximate surface area is 96.3 Å². The first kappa shape index (κ1) is 14.5. The van der Waals surface area contributed by atoms with Gasteiger partial charge in [-0.25, -0.2) is 0 Å². The van der Waals surface area contributed by atoms with Gasteiger partial charge in [-0.2, -0.15) is 0 Å². The third-order valence-corrected chi connectivity index (χ3v) is 3.80. The van der Waals surface area contributed by atoms with Crippen LogP contribution in [0.25, 0.3) is 0 Å². The lowest BCUT2D eigenvalue weighted by Gasteiger charge is -2.43. The third kappa shape index (κ3) is 2.99. The molecule has 0 heterocycles. The second-order valence-corrected chi connectivity index (χ2v) is 5.11. The van der Waals surface area contributed by atoms with Crippen molar-refractivity contribution in [1.29, 1.82) is 0 Å². The Hall–Kier alpha value is -0.460. The molecule has 0 fully saturated rings. The second kappa shape index (κ2) is 6.19. The molecule has 0 spiro atoms. The lowest BCUT2D eigenvalue weighted by molar-refractivity contribution is 0.144. The molecule has 0 aromatic rings. The van der Waals surface area contributed by atoms with Gasteiger partial charge in [-0.05, 0) is 24.7 Å². The molecule has 0 aromatic carbocycles. The average molecular weight is 211 g/mol. The van der Waals surface area contributed by atoms with Gasteiger partial charge in [0.05, 0.1) is 0 Å². The Balaban J connectivity index is 4.82. The number of hydrogen-bond donors (Lipinski definition) is 1. The third-order valence-electron chi connectivity index (χ3n) is 3.80. The Bertz CT molecular complexity index is 184. The van der Waals surface area contributed by atoms with Crippen LogP contribution in [0, 0.1) is 17.3 Å². The van der Waals surface area contributed by atoms with Crippen LogP contribution in [0.5, 0.6) is 0 Å². The zero-order valence-electron chi connectivity index (χ0n) is 11.5. The molecule has 0 aliphatic carbocycles. The highest BCUT2D eigenvalue weighted by Gasteiger charge is 2.37. The van der Waals surface area contributed by atoms with E-state index in [9.17, 15) is 0 Å². The van der Waals surface area contributed by atoms with Gasteiger partial charge in [0.1, 0.15) is 0 Å². The molecule has 0 atom stereocenters. The SMILES string of the molecule is C=C(NCCC)C(CC)(C(C)C)C(C)C. The van der Waals surface area contributed by atoms with Gasteiger partial charge in [-0.15, -0.1) is 0 Å². The summed E-state index contributed by atoms with van der Waals surface area (Å²) in [6.45, 7) is 19.0. The second-order valence-electron chi connectivity index (χ2n) is 5.11. The first-order valence-electron chi connectivity index (χ1n) is 6.36. The summed E-state index contributed by atoms with van der Waals surface area (Å²) in [6, 6.07) is 0. The van der Waals surface area contributed by atoms with E-state index in [2.05, 4.69) is 53.4 Å². The van der Waals surface area contributed by atoms with Crippen LogP contribution < -0.4 is 5.32 Å². The van der Waals surface area contributed by atoms with E-state index in [4.69, 9.17) is 0 Å². The first-order chi connectivity index (χ1) is 6.93. The van der Waals surface area contributed by atoms with Gasteiger partial charge >= 0.3 is 0 Å². The number of nitrogens with one attached hydrogen (secondary N) is 1. The molecule has 0 aromatic heterocycles. The predicted octanol–water partition coefficient (Wildman–Crippen LogP) is 4.21. The van der Waals surface area contributed by atoms with Crippen LogP contribution in [-0.4, -0.2) is 6.54 Å². The number of hydrogen-bond acceptors (Lipinski definition) is 1. The quantitative estimate of drug-likeness (QED) is 0.665. The predicted molar refractivity (Wildman–Crippen MR) is 69.8 cm³/mol. The van der Waals surface area contributed by atoms with E-state index >= 15 is 0 Å². The molecular formula is C14H29N. The van der Waals surface area contributed by atoms with E-state index in [1.807, 2.05) is 0 Å². The lowest BCUT2D eigenvalue weighted by atomic mass is 9.65. The molecule has 0 saturated carbocycles. The highest BCUT2D eigenvalue weighted by atomic mass is 14.9. The molecule has 1 nitrogen and oxygen atoms in total. The fourth-order valence-electron chi connectivity index (χ4n) is 2.83. The van der Waals surface area contributed by atoms with Crippen LogP contribution in [-0.2, 0) is 0 Å². The Kier molecular flexibility index (Phi) is 6.00. The van der Waals surface area contributed by atoms with Crippen molar-refractivity contribution < 1.29 is 0 Å². The van der Waals surface area contributed by atoms with Gasteiger partial charge in [0.25, 0.3) is 0 Å². The van der Waals surface area contributed by atoms with E-state index in [-0.39, 0.29) is 5.41 Å². The van der Waals surface area contributed by atoms with E-state index in [1.54, 1.807) is 0 Å². The molecule has 0 aliphatic rings. The van der Waals surface area contributed by atoms with Crippen molar-refractivity contribution in [2.24, 2.45) is 17.3 Å². The van der Waals surface area contributed by atoms with Crippen molar-refractivity contribution in [2.75, 3.05) is 6.54 Å². The minimum absolute atomic E-state index is 0.245. The summed E-state index contributed by atoms with van der Waals surface area (Å²) in [4.78, 5) is 0. The fraction of sp³-hybridized carbons (Fsp3) is 0.857. The normalized spacial score (nSPS) is 12.3. The van der Waals surface area contributed by atoms with Crippen LogP contribution in [0.4, 0.5) is 0 Å². The monoisotopic (exact) mass is 211 g/mol. The van der Waals surface area contributed by atoms with Crippen molar-refractivity contribution in [2.45, 2.75) is 54.4 Å². The Morgan fingerprint density at radius 3 is 1.87 bits per heavy atom. The summed E-state index contributed by atoms with van der Waals surface area (Å²) >= 11 is 0. The van der Waals surface area contributed by atoms with Gasteiger partial charge in [-0.3, -0.25) is 0 Å². The Morgan fingerprint density at radius 2 is 1.60 bits per heavy atom. The molecule has 90 valence electrons. The van der Waals surface area contributed by atoms with Gasteiger partial charge < -0.3 is 5.32 Å². The largest absolute Gasteiger partial charge is 0.388 e. The summed E-state index contributed by atoms with van der Waals surface area (Å²) in [5, 5.41) is 3.49. The topological polar surface area (TPSA) is 12.0 Å². The number of allylic oxidation sites excluding steroid dienone is 1. The van der Waals surface area contributed by atoms with Gasteiger partial charge in [0.15, 0.2) is 0 Å². The first-order valence-corrected chi connectivity index (χ1v) is 6.36. The lowest BCUT2D eigenvalue weighted by Crippen LogP contribution is -2.40. The zero-order chi connectivity index (χ0) is 12.1. The molecular weight excluding hydrogens is 182 g/mol. The maximum absolute atomic E-state index is 4.27. The van der Waals surface area contributed by atoms with Crippen molar-refractivity contribution in [3.63, 3.8) is 0 Å². The van der Waals surface area contributed by atoms with E-state index in [0.29, 0.717) is 11.8 Å². The zero-order valence-corrected chi connectivity index (χ0v) is 11.5. The maximum atomic E-state index is 4.27. The molecule has 0 radical (unpaired) electrons. The van der Waals surface area contributed by atoms with Crippen LogP contribution in [0.2, 0.25) is 0 Å². The van der Waals surface area contributed by atoms with E-state index < -0.39 is 0 Å². The molecule has 0 aliphatic heterocycles. The van der Waals surface area contributed by atoms with Gasteiger partial charge in [0, 0.05) is 17.7 Å². The van der Waals surface area contributed by atoms with Crippen molar-refractivity contribution >= 4 is 0 Å². The van der Waals surface area contributed by atoms with E-state index in [0.717, 1.165) is 19.4 Å². The Morgan fingerprint density at radius 1 is 1.13 bits per heavy atom. The van der Waals surface area contributed by atoms with Crippen LogP contribution in [0.15, 0.2) is 12.3 Å². The van der Waals surface area contributed by atoms with E-state index in [1.165, 1.54) is 5.70 Å². The van der Waals surface area contributed by atoms with Gasteiger partial charge in [0.2, 0.25) is 0 Å². The van der Waals surface area contributed by atoms with Crippen molar-refractivity contribution in [3.8, 4) is 0 Å². The van der Waals surface area contributed by atoms with Crippen LogP contribution in [0.1, 0.15) is 54.4 Å². The molecule has 0 rings (SSSR count). The van der Waals surface area contributed by atoms with Crippen molar-refractivity contribution in [1.82, 2.24) is 5.32 Å². The minimum atomic E-state index is 0.245. The fourth-order valence-corrected chi connectivity index (χ4v) is 2.83. The highest BCUT2D eigenvalue weighted by Crippen LogP contribution is 2.43. The maximum Gasteiger partial charge on any atom is 0.0141 e. The average Bonchev–Trinajstić information content (AvgIpc) is 2.15. The molecule has 0 saturated heterocycles. The minimum Gasteiger partial charge on any atom is -0.388 e. The molecule has 1 heteroatoms. The smallest absolute Gasteiger partial charge is 0.0141 e. The molecule has 0 amide bonds. The highest BCUT2D eigenvalue weighted by molar-refractivity contribution is 5.11. The number of rotatable bonds is 7. The van der Waals surface area contributed by atoms with Crippen LogP contribution >= 0.6 is 0 Å². The summed E-state index contributed by atoms with van der Waals surface area (Å²) < 4.78 is 0. The summed E-state index contributed by atoms with van der Waals surface area (Å²) in [5.41, 5.74) is 1.48. The molecule has 0 unspecified atom stereocenters. The van der Waals surface area contributed by atoms with Crippen molar-refractivity contribution in [3.05, 3.63) is 12.3 Å². The van der Waals surface area contributed by atoms with Gasteiger partial charge in [-0.1, -0.05) is 48.1 Å². The standard InChI is InChI=1S/C14H29N/c1-8-10-15-13(7)14(9-2,11(3)4)12(5)6/h11-12,15H,7-10H2,1-6H3. The molecule has 15 heavy (non-hydrogen) atoms. The molecule has 0 bridgehead atoms. The summed E-state index contributed by atoms with van der Waals surface area (Å²) in [6.07, 6.45) is 2.33. The summed E-state index contributed by atoms with van der Waals surface area (Å²) in [5.74, 6) is 1.28. The van der Waals surface area contributed by atoms with Crippen LogP contribution in [0.3, 0.4) is 0 Å². The summed E-state index contributed by atoms with van der Waals surface area (Å²) in [7, 11) is 0. The molecule has 1 N–H and O–H groups in total.